The number of fused-ring (bicyclic) bond motifs is 5. The van der Waals surface area contributed by atoms with E-state index in [0.717, 1.165) is 49.2 Å². The maximum atomic E-state index is 10.6. The molecule has 4 saturated carbocycles. The number of hydrogen-bond acceptors (Lipinski definition) is 3. The molecule has 0 aliphatic heterocycles. The maximum absolute atomic E-state index is 10.6. The van der Waals surface area contributed by atoms with Gasteiger partial charge in [-0.05, 0) is 92.3 Å². The van der Waals surface area contributed by atoms with Crippen LogP contribution in [0.3, 0.4) is 0 Å². The molecule has 0 aromatic heterocycles. The first kappa shape index (κ1) is 20.2. The Hall–Kier alpha value is -0.120. The van der Waals surface area contributed by atoms with Crippen molar-refractivity contribution in [3.8, 4) is 0 Å². The SMILES string of the molecule is CC(C)NCCN[C@H]1CC[C@@]2(C)C(CCC3C2CC[C@@]2(C)C3CC[C@@H]2O)C1. The van der Waals surface area contributed by atoms with Crippen LogP contribution in [0.5, 0.6) is 0 Å². The Labute approximate surface area is 167 Å². The molecule has 4 unspecified atom stereocenters. The monoisotopic (exact) mass is 376 g/mol. The lowest BCUT2D eigenvalue weighted by Gasteiger charge is -2.61. The Morgan fingerprint density at radius 2 is 1.63 bits per heavy atom. The number of aliphatic hydroxyl groups excluding tert-OH is 1. The molecule has 0 bridgehead atoms. The highest BCUT2D eigenvalue weighted by Crippen LogP contribution is 2.66. The van der Waals surface area contributed by atoms with Gasteiger partial charge in [-0.15, -0.1) is 0 Å². The molecule has 0 radical (unpaired) electrons. The maximum Gasteiger partial charge on any atom is 0.0596 e. The van der Waals surface area contributed by atoms with E-state index in [4.69, 9.17) is 0 Å². The summed E-state index contributed by atoms with van der Waals surface area (Å²) < 4.78 is 0. The summed E-state index contributed by atoms with van der Waals surface area (Å²) in [5.41, 5.74) is 0.790. The van der Waals surface area contributed by atoms with Crippen LogP contribution in [-0.4, -0.2) is 36.4 Å². The van der Waals surface area contributed by atoms with Crippen molar-refractivity contribution in [2.45, 2.75) is 104 Å². The second-order valence-electron chi connectivity index (χ2n) is 11.3. The molecule has 0 aromatic carbocycles. The molecule has 156 valence electrons. The lowest BCUT2D eigenvalue weighted by Crippen LogP contribution is -2.55. The van der Waals surface area contributed by atoms with E-state index in [0.29, 0.717) is 11.5 Å². The summed E-state index contributed by atoms with van der Waals surface area (Å²) in [5.74, 6) is 3.52. The molecule has 3 nitrogen and oxygen atoms in total. The van der Waals surface area contributed by atoms with E-state index in [1.54, 1.807) is 0 Å². The van der Waals surface area contributed by atoms with Crippen molar-refractivity contribution in [2.75, 3.05) is 13.1 Å². The second kappa shape index (κ2) is 7.61. The van der Waals surface area contributed by atoms with Crippen molar-refractivity contribution in [1.82, 2.24) is 10.6 Å². The van der Waals surface area contributed by atoms with Crippen LogP contribution in [0.25, 0.3) is 0 Å². The summed E-state index contributed by atoms with van der Waals surface area (Å²) in [6.07, 6.45) is 12.0. The van der Waals surface area contributed by atoms with Crippen LogP contribution in [0, 0.1) is 34.5 Å². The first-order chi connectivity index (χ1) is 12.8. The van der Waals surface area contributed by atoms with Crippen LogP contribution >= 0.6 is 0 Å². The predicted molar refractivity (Wildman–Crippen MR) is 113 cm³/mol. The standard InChI is InChI=1S/C24H44N2O/c1-16(2)25-13-14-26-18-9-11-23(3)17(15-18)5-6-19-20-7-8-22(27)24(20,4)12-10-21(19)23/h16-22,25-27H,5-15H2,1-4H3/t17?,18-,19?,20?,21?,22-,23-,24-/m0/s1. The molecule has 3 N–H and O–H groups in total. The number of hydrogen-bond donors (Lipinski definition) is 3. The van der Waals surface area contributed by atoms with Gasteiger partial charge < -0.3 is 15.7 Å². The first-order valence-corrected chi connectivity index (χ1v) is 12.0. The minimum atomic E-state index is -0.0339. The summed E-state index contributed by atoms with van der Waals surface area (Å²) in [6.45, 7) is 11.7. The van der Waals surface area contributed by atoms with E-state index >= 15 is 0 Å². The molecule has 0 saturated heterocycles. The smallest absolute Gasteiger partial charge is 0.0596 e. The third-order valence-electron chi connectivity index (χ3n) is 9.73. The van der Waals surface area contributed by atoms with Crippen LogP contribution in [0.2, 0.25) is 0 Å². The molecule has 8 atom stereocenters. The van der Waals surface area contributed by atoms with E-state index in [1.807, 2.05) is 0 Å². The first-order valence-electron chi connectivity index (χ1n) is 12.0. The van der Waals surface area contributed by atoms with Gasteiger partial charge in [0.1, 0.15) is 0 Å². The predicted octanol–water partition coefficient (Wildman–Crippen LogP) is 4.35. The summed E-state index contributed by atoms with van der Waals surface area (Å²) in [4.78, 5) is 0. The number of rotatable bonds is 5. The topological polar surface area (TPSA) is 44.3 Å². The Balaban J connectivity index is 1.38. The molecule has 0 spiro atoms. The molecular formula is C24H44N2O. The average Bonchev–Trinajstić information content (AvgIpc) is 2.94. The summed E-state index contributed by atoms with van der Waals surface area (Å²) in [7, 11) is 0. The lowest BCUT2D eigenvalue weighted by atomic mass is 9.45. The molecule has 4 fully saturated rings. The van der Waals surface area contributed by atoms with Gasteiger partial charge in [-0.25, -0.2) is 0 Å². The van der Waals surface area contributed by atoms with Crippen molar-refractivity contribution in [3.05, 3.63) is 0 Å². The van der Waals surface area contributed by atoms with Crippen molar-refractivity contribution in [3.63, 3.8) is 0 Å². The zero-order chi connectivity index (χ0) is 19.2. The average molecular weight is 377 g/mol. The molecule has 0 aromatic rings. The van der Waals surface area contributed by atoms with E-state index in [2.05, 4.69) is 38.3 Å². The van der Waals surface area contributed by atoms with E-state index < -0.39 is 0 Å². The molecule has 0 amide bonds. The minimum Gasteiger partial charge on any atom is -0.393 e. The van der Waals surface area contributed by atoms with Crippen molar-refractivity contribution < 1.29 is 5.11 Å². The Kier molecular flexibility index (Phi) is 5.68. The van der Waals surface area contributed by atoms with Crippen LogP contribution in [0.1, 0.15) is 85.5 Å². The fraction of sp³-hybridized carbons (Fsp3) is 1.00. The highest BCUT2D eigenvalue weighted by Gasteiger charge is 2.59. The van der Waals surface area contributed by atoms with Gasteiger partial charge in [-0.3, -0.25) is 0 Å². The minimum absolute atomic E-state index is 0.0339. The molecule has 4 aliphatic carbocycles. The van der Waals surface area contributed by atoms with Crippen molar-refractivity contribution in [2.24, 2.45) is 34.5 Å². The normalized spacial score (nSPS) is 49.6. The molecule has 4 aliphatic rings. The molecule has 4 rings (SSSR count). The highest BCUT2D eigenvalue weighted by atomic mass is 16.3. The molecule has 27 heavy (non-hydrogen) atoms. The van der Waals surface area contributed by atoms with E-state index in [-0.39, 0.29) is 11.5 Å². The zero-order valence-corrected chi connectivity index (χ0v) is 18.3. The van der Waals surface area contributed by atoms with Gasteiger partial charge in [0.05, 0.1) is 6.10 Å². The van der Waals surface area contributed by atoms with E-state index in [1.165, 1.54) is 51.4 Å². The summed E-state index contributed by atoms with van der Waals surface area (Å²) >= 11 is 0. The zero-order valence-electron chi connectivity index (χ0n) is 18.3. The Morgan fingerprint density at radius 1 is 0.889 bits per heavy atom. The highest BCUT2D eigenvalue weighted by molar-refractivity contribution is 5.09. The lowest BCUT2D eigenvalue weighted by molar-refractivity contribution is -0.123. The Bertz CT molecular complexity index is 523. The van der Waals surface area contributed by atoms with Crippen LogP contribution in [-0.2, 0) is 0 Å². The number of nitrogens with one attached hydrogen (secondary N) is 2. The third-order valence-corrected chi connectivity index (χ3v) is 9.73. The van der Waals surface area contributed by atoms with Crippen molar-refractivity contribution in [1.29, 1.82) is 0 Å². The molecular weight excluding hydrogens is 332 g/mol. The van der Waals surface area contributed by atoms with Gasteiger partial charge in [-0.2, -0.15) is 0 Å². The summed E-state index contributed by atoms with van der Waals surface area (Å²) in [6, 6.07) is 1.32. The van der Waals surface area contributed by atoms with Crippen molar-refractivity contribution >= 4 is 0 Å². The van der Waals surface area contributed by atoms with Gasteiger partial charge in [0, 0.05) is 25.2 Å². The van der Waals surface area contributed by atoms with Gasteiger partial charge in [-0.1, -0.05) is 27.7 Å². The summed E-state index contributed by atoms with van der Waals surface area (Å²) in [5, 5.41) is 18.0. The fourth-order valence-corrected chi connectivity index (χ4v) is 8.05. The van der Waals surface area contributed by atoms with Crippen LogP contribution < -0.4 is 10.6 Å². The quantitative estimate of drug-likeness (QED) is 0.625. The van der Waals surface area contributed by atoms with E-state index in [9.17, 15) is 5.11 Å². The fourth-order valence-electron chi connectivity index (χ4n) is 8.05. The Morgan fingerprint density at radius 3 is 2.41 bits per heavy atom. The third kappa shape index (κ3) is 3.51. The second-order valence-corrected chi connectivity index (χ2v) is 11.3. The van der Waals surface area contributed by atoms with Crippen LogP contribution in [0.15, 0.2) is 0 Å². The largest absolute Gasteiger partial charge is 0.393 e. The van der Waals surface area contributed by atoms with Gasteiger partial charge in [0.15, 0.2) is 0 Å². The number of aliphatic hydroxyl groups is 1. The van der Waals surface area contributed by atoms with Gasteiger partial charge in [0.25, 0.3) is 0 Å². The van der Waals surface area contributed by atoms with Gasteiger partial charge >= 0.3 is 0 Å². The van der Waals surface area contributed by atoms with Gasteiger partial charge in [0.2, 0.25) is 0 Å². The molecule has 0 heterocycles. The van der Waals surface area contributed by atoms with Crippen LogP contribution in [0.4, 0.5) is 0 Å². The molecule has 3 heteroatoms.